The van der Waals surface area contributed by atoms with E-state index in [0.29, 0.717) is 39.6 Å². The standard InChI is InChI=1S/C15H32O6/c1-7-16-14(17-8-2,18-9-3)13-15(19-10-4,20-11-5)21-12-6/h7-13H2,1-6H3. The van der Waals surface area contributed by atoms with Crippen LogP contribution in [0.1, 0.15) is 48.0 Å². The van der Waals surface area contributed by atoms with Crippen LogP contribution in [0.3, 0.4) is 0 Å². The SMILES string of the molecule is CCOC(CC(OCC)(OCC)OCC)(OCC)OCC. The monoisotopic (exact) mass is 308 g/mol. The van der Waals surface area contributed by atoms with Gasteiger partial charge in [0.25, 0.3) is 11.9 Å². The molecular weight excluding hydrogens is 276 g/mol. The summed E-state index contributed by atoms with van der Waals surface area (Å²) in [4.78, 5) is 0. The highest BCUT2D eigenvalue weighted by Gasteiger charge is 2.47. The van der Waals surface area contributed by atoms with Gasteiger partial charge in [0.1, 0.15) is 6.42 Å². The molecule has 0 aromatic rings. The van der Waals surface area contributed by atoms with Crippen molar-refractivity contribution in [2.75, 3.05) is 39.6 Å². The number of hydrogen-bond acceptors (Lipinski definition) is 6. The molecule has 0 aromatic heterocycles. The first-order valence-corrected chi connectivity index (χ1v) is 7.91. The quantitative estimate of drug-likeness (QED) is 0.460. The molecule has 0 saturated carbocycles. The lowest BCUT2D eigenvalue weighted by atomic mass is 10.3. The smallest absolute Gasteiger partial charge is 0.290 e. The van der Waals surface area contributed by atoms with E-state index < -0.39 is 11.9 Å². The van der Waals surface area contributed by atoms with Crippen molar-refractivity contribution in [3.05, 3.63) is 0 Å². The molecule has 0 unspecified atom stereocenters. The summed E-state index contributed by atoms with van der Waals surface area (Å²) in [6, 6.07) is 0. The van der Waals surface area contributed by atoms with Gasteiger partial charge in [0.2, 0.25) is 0 Å². The highest BCUT2D eigenvalue weighted by molar-refractivity contribution is 4.69. The zero-order valence-electron chi connectivity index (χ0n) is 14.4. The Balaban J connectivity index is 5.30. The first-order valence-electron chi connectivity index (χ1n) is 7.91. The highest BCUT2D eigenvalue weighted by atomic mass is 16.9. The summed E-state index contributed by atoms with van der Waals surface area (Å²) in [6.07, 6.45) is 0.172. The number of ether oxygens (including phenoxy) is 6. The van der Waals surface area contributed by atoms with Crippen LogP contribution in [0.2, 0.25) is 0 Å². The summed E-state index contributed by atoms with van der Waals surface area (Å²) in [5, 5.41) is 0. The zero-order chi connectivity index (χ0) is 16.2. The third-order valence-corrected chi connectivity index (χ3v) is 2.62. The van der Waals surface area contributed by atoms with E-state index in [1.54, 1.807) is 0 Å². The molecule has 6 nitrogen and oxygen atoms in total. The summed E-state index contributed by atoms with van der Waals surface area (Å²) < 4.78 is 34.3. The molecule has 0 fully saturated rings. The molecule has 0 radical (unpaired) electrons. The maximum atomic E-state index is 5.72. The lowest BCUT2D eigenvalue weighted by Crippen LogP contribution is -2.51. The largest absolute Gasteiger partial charge is 0.328 e. The fraction of sp³-hybridized carbons (Fsp3) is 1.00. The number of rotatable bonds is 14. The lowest BCUT2D eigenvalue weighted by Gasteiger charge is -2.40. The van der Waals surface area contributed by atoms with Crippen LogP contribution in [0.4, 0.5) is 0 Å². The predicted molar refractivity (Wildman–Crippen MR) is 79.8 cm³/mol. The van der Waals surface area contributed by atoms with Gasteiger partial charge in [-0.3, -0.25) is 0 Å². The maximum absolute atomic E-state index is 5.72. The van der Waals surface area contributed by atoms with Crippen molar-refractivity contribution in [3.63, 3.8) is 0 Å². The lowest BCUT2D eigenvalue weighted by molar-refractivity contribution is -0.455. The Morgan fingerprint density at radius 2 is 0.619 bits per heavy atom. The number of hydrogen-bond donors (Lipinski definition) is 0. The minimum Gasteiger partial charge on any atom is -0.328 e. The molecule has 0 bridgehead atoms. The normalized spacial score (nSPS) is 12.9. The zero-order valence-corrected chi connectivity index (χ0v) is 14.4. The van der Waals surface area contributed by atoms with Gasteiger partial charge in [-0.1, -0.05) is 0 Å². The summed E-state index contributed by atoms with van der Waals surface area (Å²) in [6.45, 7) is 14.0. The average Bonchev–Trinajstić information content (AvgIpc) is 2.40. The molecule has 0 aromatic carbocycles. The Bertz CT molecular complexity index is 188. The summed E-state index contributed by atoms with van der Waals surface area (Å²) in [5.74, 6) is -2.48. The van der Waals surface area contributed by atoms with Gasteiger partial charge < -0.3 is 28.4 Å². The van der Waals surface area contributed by atoms with E-state index >= 15 is 0 Å². The van der Waals surface area contributed by atoms with Gasteiger partial charge in [-0.25, -0.2) is 0 Å². The van der Waals surface area contributed by atoms with Gasteiger partial charge in [0, 0.05) is 39.6 Å². The van der Waals surface area contributed by atoms with Crippen molar-refractivity contribution in [3.8, 4) is 0 Å². The van der Waals surface area contributed by atoms with E-state index in [1.807, 2.05) is 41.5 Å². The predicted octanol–water partition coefficient (Wildman–Crippen LogP) is 2.90. The van der Waals surface area contributed by atoms with Crippen molar-refractivity contribution in [2.45, 2.75) is 59.9 Å². The van der Waals surface area contributed by atoms with Crippen LogP contribution in [-0.2, 0) is 28.4 Å². The second kappa shape index (κ2) is 11.3. The molecule has 0 saturated heterocycles. The van der Waals surface area contributed by atoms with Crippen LogP contribution in [-0.4, -0.2) is 51.6 Å². The molecule has 0 amide bonds. The summed E-state index contributed by atoms with van der Waals surface area (Å²) in [7, 11) is 0. The molecule has 0 heterocycles. The van der Waals surface area contributed by atoms with Crippen molar-refractivity contribution in [1.29, 1.82) is 0 Å². The van der Waals surface area contributed by atoms with E-state index in [4.69, 9.17) is 28.4 Å². The van der Waals surface area contributed by atoms with Crippen molar-refractivity contribution < 1.29 is 28.4 Å². The van der Waals surface area contributed by atoms with E-state index in [1.165, 1.54) is 0 Å². The Labute approximate surface area is 129 Å². The third-order valence-electron chi connectivity index (χ3n) is 2.62. The van der Waals surface area contributed by atoms with Crippen LogP contribution in [0.25, 0.3) is 0 Å². The summed E-state index contributed by atoms with van der Waals surface area (Å²) >= 11 is 0. The Morgan fingerprint density at radius 1 is 0.429 bits per heavy atom. The van der Waals surface area contributed by atoms with Gasteiger partial charge in [-0.05, 0) is 41.5 Å². The van der Waals surface area contributed by atoms with Gasteiger partial charge >= 0.3 is 0 Å². The topological polar surface area (TPSA) is 55.4 Å². The third kappa shape index (κ3) is 7.04. The first kappa shape index (κ1) is 20.8. The fourth-order valence-electron chi connectivity index (χ4n) is 2.14. The average molecular weight is 308 g/mol. The van der Waals surface area contributed by atoms with Gasteiger partial charge in [-0.15, -0.1) is 0 Å². The van der Waals surface area contributed by atoms with E-state index in [-0.39, 0.29) is 6.42 Å². The van der Waals surface area contributed by atoms with Crippen LogP contribution in [0.15, 0.2) is 0 Å². The van der Waals surface area contributed by atoms with Crippen LogP contribution in [0, 0.1) is 0 Å². The minimum absolute atomic E-state index is 0.172. The van der Waals surface area contributed by atoms with Crippen molar-refractivity contribution >= 4 is 0 Å². The first-order chi connectivity index (χ1) is 10.1. The second-order valence-corrected chi connectivity index (χ2v) is 4.14. The van der Waals surface area contributed by atoms with E-state index in [9.17, 15) is 0 Å². The Kier molecular flexibility index (Phi) is 11.2. The van der Waals surface area contributed by atoms with Gasteiger partial charge in [-0.2, -0.15) is 0 Å². The van der Waals surface area contributed by atoms with E-state index in [2.05, 4.69) is 0 Å². The molecule has 0 aliphatic carbocycles. The maximum Gasteiger partial charge on any atom is 0.290 e. The molecule has 0 rings (SSSR count). The summed E-state index contributed by atoms with van der Waals surface area (Å²) in [5.41, 5.74) is 0. The van der Waals surface area contributed by atoms with Crippen LogP contribution < -0.4 is 0 Å². The molecule has 0 aliphatic rings. The van der Waals surface area contributed by atoms with Crippen LogP contribution in [0.5, 0.6) is 0 Å². The van der Waals surface area contributed by atoms with Crippen molar-refractivity contribution in [1.82, 2.24) is 0 Å². The molecular formula is C15H32O6. The minimum atomic E-state index is -1.24. The van der Waals surface area contributed by atoms with Gasteiger partial charge in [0.15, 0.2) is 0 Å². The molecule has 6 heteroatoms. The molecule has 0 aliphatic heterocycles. The fourth-order valence-corrected chi connectivity index (χ4v) is 2.14. The molecule has 0 N–H and O–H groups in total. The molecule has 21 heavy (non-hydrogen) atoms. The molecule has 128 valence electrons. The molecule has 0 spiro atoms. The Morgan fingerprint density at radius 3 is 0.762 bits per heavy atom. The molecule has 0 atom stereocenters. The Hall–Kier alpha value is -0.240. The van der Waals surface area contributed by atoms with Crippen LogP contribution >= 0.6 is 0 Å². The second-order valence-electron chi connectivity index (χ2n) is 4.14. The van der Waals surface area contributed by atoms with Gasteiger partial charge in [0.05, 0.1) is 0 Å². The van der Waals surface area contributed by atoms with Crippen molar-refractivity contribution in [2.24, 2.45) is 0 Å². The highest BCUT2D eigenvalue weighted by Crippen LogP contribution is 2.32. The van der Waals surface area contributed by atoms with E-state index in [0.717, 1.165) is 0 Å².